The first-order valence-corrected chi connectivity index (χ1v) is 8.53. The summed E-state index contributed by atoms with van der Waals surface area (Å²) in [5, 5.41) is 1.04. The summed E-state index contributed by atoms with van der Waals surface area (Å²) >= 11 is 0. The Labute approximate surface area is 148 Å². The molecule has 0 unspecified atom stereocenters. The fraction of sp³-hybridized carbons (Fsp3) is 0.300. The van der Waals surface area contributed by atoms with Crippen molar-refractivity contribution in [1.82, 2.24) is 9.97 Å². The highest BCUT2D eigenvalue weighted by atomic mass is 16.7. The van der Waals surface area contributed by atoms with E-state index in [1.54, 1.807) is 0 Å². The third-order valence-corrected chi connectivity index (χ3v) is 5.18. The maximum atomic E-state index is 6.10. The van der Waals surface area contributed by atoms with Crippen molar-refractivity contribution in [2.24, 2.45) is 0 Å². The molecule has 0 amide bonds. The first kappa shape index (κ1) is 16.2. The van der Waals surface area contributed by atoms with Crippen LogP contribution >= 0.6 is 0 Å². The zero-order valence-corrected chi connectivity index (χ0v) is 15.0. The van der Waals surface area contributed by atoms with Crippen molar-refractivity contribution in [2.45, 2.75) is 38.9 Å². The maximum Gasteiger partial charge on any atom is 0.494 e. The van der Waals surface area contributed by atoms with Gasteiger partial charge in [-0.25, -0.2) is 9.97 Å². The number of fused-ring (bicyclic) bond motifs is 1. The van der Waals surface area contributed by atoms with Gasteiger partial charge in [-0.2, -0.15) is 0 Å². The van der Waals surface area contributed by atoms with Crippen LogP contribution in [0.3, 0.4) is 0 Å². The lowest BCUT2D eigenvalue weighted by Crippen LogP contribution is -2.41. The molecular formula is C20H21BN2O2. The van der Waals surface area contributed by atoms with E-state index in [4.69, 9.17) is 9.31 Å². The summed E-state index contributed by atoms with van der Waals surface area (Å²) in [6.45, 7) is 8.24. The second-order valence-corrected chi connectivity index (χ2v) is 7.46. The summed E-state index contributed by atoms with van der Waals surface area (Å²) in [5.41, 5.74) is 2.26. The number of rotatable bonds is 2. The zero-order valence-electron chi connectivity index (χ0n) is 15.0. The second kappa shape index (κ2) is 5.65. The zero-order chi connectivity index (χ0) is 17.7. The molecule has 0 bridgehead atoms. The van der Waals surface area contributed by atoms with Crippen molar-refractivity contribution in [3.63, 3.8) is 0 Å². The van der Waals surface area contributed by atoms with Gasteiger partial charge in [-0.3, -0.25) is 0 Å². The Balaban J connectivity index is 1.62. The lowest BCUT2D eigenvalue weighted by Gasteiger charge is -2.32. The molecule has 3 aromatic rings. The molecule has 126 valence electrons. The van der Waals surface area contributed by atoms with Crippen LogP contribution in [-0.4, -0.2) is 28.3 Å². The van der Waals surface area contributed by atoms with Gasteiger partial charge in [-0.15, -0.1) is 0 Å². The van der Waals surface area contributed by atoms with Crippen LogP contribution in [0.2, 0.25) is 0 Å². The molecular weight excluding hydrogens is 311 g/mol. The summed E-state index contributed by atoms with van der Waals surface area (Å²) in [4.78, 5) is 9.12. The van der Waals surface area contributed by atoms with E-state index in [0.717, 1.165) is 27.8 Å². The molecule has 0 atom stereocenters. The standard InChI is InChI=1S/C20H21BN2O2/c1-19(2)20(3,4)25-21(24-19)16-11-9-14(10-12-16)18-22-13-15-7-5-6-8-17(15)23-18/h5-13H,1-4H3. The number of nitrogens with zero attached hydrogens (tertiary/aromatic N) is 2. The van der Waals surface area contributed by atoms with Gasteiger partial charge < -0.3 is 9.31 Å². The van der Waals surface area contributed by atoms with Gasteiger partial charge in [0.15, 0.2) is 5.82 Å². The molecule has 4 rings (SSSR count). The Morgan fingerprint density at radius 3 is 2.16 bits per heavy atom. The molecule has 25 heavy (non-hydrogen) atoms. The smallest absolute Gasteiger partial charge is 0.399 e. The highest BCUT2D eigenvalue weighted by molar-refractivity contribution is 6.62. The fourth-order valence-electron chi connectivity index (χ4n) is 2.88. The summed E-state index contributed by atoms with van der Waals surface area (Å²) in [7, 11) is -0.350. The summed E-state index contributed by atoms with van der Waals surface area (Å²) in [5.74, 6) is 0.721. The minimum atomic E-state index is -0.350. The van der Waals surface area contributed by atoms with Gasteiger partial charge in [-0.05, 0) is 39.2 Å². The molecule has 1 aliphatic rings. The highest BCUT2D eigenvalue weighted by Crippen LogP contribution is 2.36. The van der Waals surface area contributed by atoms with Crippen LogP contribution in [0.15, 0.2) is 54.7 Å². The quantitative estimate of drug-likeness (QED) is 0.673. The average Bonchev–Trinajstić information content (AvgIpc) is 2.82. The van der Waals surface area contributed by atoms with Gasteiger partial charge in [0.25, 0.3) is 0 Å². The van der Waals surface area contributed by atoms with Crippen molar-refractivity contribution >= 4 is 23.5 Å². The Kier molecular flexibility index (Phi) is 3.67. The molecule has 2 heterocycles. The van der Waals surface area contributed by atoms with Gasteiger partial charge in [-0.1, -0.05) is 42.5 Å². The first-order chi connectivity index (χ1) is 11.9. The van der Waals surface area contributed by atoms with Gasteiger partial charge in [0.2, 0.25) is 0 Å². The molecule has 1 saturated heterocycles. The van der Waals surface area contributed by atoms with Gasteiger partial charge in [0.05, 0.1) is 16.7 Å². The molecule has 1 aromatic heterocycles. The van der Waals surface area contributed by atoms with Crippen molar-refractivity contribution < 1.29 is 9.31 Å². The van der Waals surface area contributed by atoms with Gasteiger partial charge in [0, 0.05) is 17.1 Å². The van der Waals surface area contributed by atoms with Gasteiger partial charge in [0.1, 0.15) is 0 Å². The van der Waals surface area contributed by atoms with E-state index < -0.39 is 0 Å². The topological polar surface area (TPSA) is 44.2 Å². The number of benzene rings is 2. The molecule has 0 saturated carbocycles. The third-order valence-electron chi connectivity index (χ3n) is 5.18. The van der Waals surface area contributed by atoms with Crippen molar-refractivity contribution in [3.8, 4) is 11.4 Å². The van der Waals surface area contributed by atoms with E-state index in [1.807, 2.05) is 54.7 Å². The van der Waals surface area contributed by atoms with E-state index in [1.165, 1.54) is 0 Å². The largest absolute Gasteiger partial charge is 0.494 e. The van der Waals surface area contributed by atoms with E-state index in [0.29, 0.717) is 0 Å². The van der Waals surface area contributed by atoms with E-state index in [9.17, 15) is 0 Å². The molecule has 1 aliphatic heterocycles. The number of para-hydroxylation sites is 1. The predicted octanol–water partition coefficient (Wildman–Crippen LogP) is 3.60. The van der Waals surface area contributed by atoms with E-state index >= 15 is 0 Å². The molecule has 4 nitrogen and oxygen atoms in total. The van der Waals surface area contributed by atoms with Crippen molar-refractivity contribution in [1.29, 1.82) is 0 Å². The van der Waals surface area contributed by atoms with Crippen LogP contribution in [-0.2, 0) is 9.31 Å². The maximum absolute atomic E-state index is 6.10. The summed E-state index contributed by atoms with van der Waals surface area (Å²) < 4.78 is 12.2. The first-order valence-electron chi connectivity index (χ1n) is 8.53. The molecule has 0 spiro atoms. The Bertz CT molecular complexity index is 906. The van der Waals surface area contributed by atoms with Crippen molar-refractivity contribution in [2.75, 3.05) is 0 Å². The normalized spacial score (nSPS) is 18.6. The number of aromatic nitrogens is 2. The molecule has 0 radical (unpaired) electrons. The van der Waals surface area contributed by atoms with Crippen LogP contribution in [0.4, 0.5) is 0 Å². The average molecular weight is 332 g/mol. The lowest BCUT2D eigenvalue weighted by molar-refractivity contribution is 0.00578. The van der Waals surface area contributed by atoms with Crippen LogP contribution < -0.4 is 5.46 Å². The SMILES string of the molecule is CC1(C)OB(c2ccc(-c3ncc4ccccc4n3)cc2)OC1(C)C. The third kappa shape index (κ3) is 2.83. The fourth-order valence-corrected chi connectivity index (χ4v) is 2.88. The molecule has 5 heteroatoms. The molecule has 2 aromatic carbocycles. The molecule has 1 fully saturated rings. The lowest BCUT2D eigenvalue weighted by atomic mass is 9.79. The van der Waals surface area contributed by atoms with Crippen LogP contribution in [0.1, 0.15) is 27.7 Å². The van der Waals surface area contributed by atoms with Gasteiger partial charge >= 0.3 is 7.12 Å². The Hall–Kier alpha value is -2.24. The second-order valence-electron chi connectivity index (χ2n) is 7.46. The number of hydrogen-bond acceptors (Lipinski definition) is 4. The van der Waals surface area contributed by atoms with Crippen LogP contribution in [0.5, 0.6) is 0 Å². The van der Waals surface area contributed by atoms with Crippen LogP contribution in [0.25, 0.3) is 22.3 Å². The van der Waals surface area contributed by atoms with E-state index in [-0.39, 0.29) is 18.3 Å². The minimum Gasteiger partial charge on any atom is -0.399 e. The summed E-state index contributed by atoms with van der Waals surface area (Å²) in [6.07, 6.45) is 1.86. The summed E-state index contributed by atoms with van der Waals surface area (Å²) in [6, 6.07) is 16.1. The Morgan fingerprint density at radius 1 is 0.840 bits per heavy atom. The highest BCUT2D eigenvalue weighted by Gasteiger charge is 2.51. The van der Waals surface area contributed by atoms with Crippen LogP contribution in [0, 0.1) is 0 Å². The minimum absolute atomic E-state index is 0.336. The monoisotopic (exact) mass is 332 g/mol. The van der Waals surface area contributed by atoms with E-state index in [2.05, 4.69) is 37.7 Å². The van der Waals surface area contributed by atoms with Crippen molar-refractivity contribution in [3.05, 3.63) is 54.7 Å². The Morgan fingerprint density at radius 2 is 1.48 bits per heavy atom. The molecule has 0 aliphatic carbocycles. The molecule has 0 N–H and O–H groups in total. The number of hydrogen-bond donors (Lipinski definition) is 0. The predicted molar refractivity (Wildman–Crippen MR) is 101 cm³/mol.